The molecule has 0 bridgehead atoms. The normalized spacial score (nSPS) is 19.0. The number of pyridine rings is 1. The molecule has 0 aliphatic carbocycles. The standard InChI is InChI=1S/C20H21N5O4/c1-13-17(18(26)24-9-7-20(11-24,12-29-2)19(27)28)22-23-25(13)16-5-3-4-14-10-21-8-6-15(14)16/h3-6,8,10H,7,9,11-12H2,1-2H3,(H,27,28). The molecule has 2 aromatic heterocycles. The maximum atomic E-state index is 13.1. The predicted molar refractivity (Wildman–Crippen MR) is 104 cm³/mol. The number of methoxy groups -OCH3 is 1. The van der Waals surface area contributed by atoms with Crippen molar-refractivity contribution >= 4 is 22.6 Å². The lowest BCUT2D eigenvalue weighted by Gasteiger charge is -2.23. The van der Waals surface area contributed by atoms with E-state index in [1.807, 2.05) is 24.3 Å². The molecule has 1 saturated heterocycles. The monoisotopic (exact) mass is 395 g/mol. The Morgan fingerprint density at radius 3 is 2.90 bits per heavy atom. The van der Waals surface area contributed by atoms with Crippen LogP contribution in [0.5, 0.6) is 0 Å². The second-order valence-electron chi connectivity index (χ2n) is 7.30. The van der Waals surface area contributed by atoms with E-state index in [-0.39, 0.29) is 24.8 Å². The Balaban J connectivity index is 1.66. The first-order chi connectivity index (χ1) is 14.0. The molecule has 9 heteroatoms. The quantitative estimate of drug-likeness (QED) is 0.700. The third-order valence-corrected chi connectivity index (χ3v) is 5.50. The molecule has 1 aromatic carbocycles. The minimum atomic E-state index is -1.09. The van der Waals surface area contributed by atoms with Crippen LogP contribution in [0.3, 0.4) is 0 Å². The van der Waals surface area contributed by atoms with Crippen LogP contribution >= 0.6 is 0 Å². The van der Waals surface area contributed by atoms with Gasteiger partial charge in [-0.1, -0.05) is 17.3 Å². The topological polar surface area (TPSA) is 110 Å². The van der Waals surface area contributed by atoms with E-state index in [2.05, 4.69) is 15.3 Å². The number of carbonyl (C=O) groups is 2. The maximum Gasteiger partial charge on any atom is 0.313 e. The molecule has 1 amide bonds. The highest BCUT2D eigenvalue weighted by atomic mass is 16.5. The summed E-state index contributed by atoms with van der Waals surface area (Å²) in [4.78, 5) is 30.5. The molecule has 150 valence electrons. The van der Waals surface area contributed by atoms with Crippen molar-refractivity contribution in [1.29, 1.82) is 0 Å². The Labute approximate surface area is 166 Å². The van der Waals surface area contributed by atoms with E-state index in [1.54, 1.807) is 24.0 Å². The summed E-state index contributed by atoms with van der Waals surface area (Å²) in [6.45, 7) is 2.26. The number of ether oxygens (including phenoxy) is 1. The summed E-state index contributed by atoms with van der Waals surface area (Å²) in [6.07, 6.45) is 3.81. The maximum absolute atomic E-state index is 13.1. The predicted octanol–water partition coefficient (Wildman–Crippen LogP) is 1.69. The zero-order valence-corrected chi connectivity index (χ0v) is 16.2. The van der Waals surface area contributed by atoms with E-state index in [4.69, 9.17) is 4.74 Å². The first-order valence-electron chi connectivity index (χ1n) is 9.24. The molecular weight excluding hydrogens is 374 g/mol. The summed E-state index contributed by atoms with van der Waals surface area (Å²) in [5, 5.41) is 19.8. The summed E-state index contributed by atoms with van der Waals surface area (Å²) in [5.74, 6) is -1.28. The molecule has 0 saturated carbocycles. The average Bonchev–Trinajstić information content (AvgIpc) is 3.32. The summed E-state index contributed by atoms with van der Waals surface area (Å²) >= 11 is 0. The van der Waals surface area contributed by atoms with Gasteiger partial charge in [-0.2, -0.15) is 0 Å². The third-order valence-electron chi connectivity index (χ3n) is 5.50. The molecule has 9 nitrogen and oxygen atoms in total. The fraction of sp³-hybridized carbons (Fsp3) is 0.350. The Hall–Kier alpha value is -3.33. The van der Waals surface area contributed by atoms with Crippen molar-refractivity contribution in [2.45, 2.75) is 13.3 Å². The van der Waals surface area contributed by atoms with Gasteiger partial charge in [-0.05, 0) is 25.5 Å². The van der Waals surface area contributed by atoms with Gasteiger partial charge in [0.1, 0.15) is 5.41 Å². The van der Waals surface area contributed by atoms with E-state index in [9.17, 15) is 14.7 Å². The molecule has 3 aromatic rings. The van der Waals surface area contributed by atoms with E-state index >= 15 is 0 Å². The van der Waals surface area contributed by atoms with Crippen LogP contribution < -0.4 is 0 Å². The lowest BCUT2D eigenvalue weighted by molar-refractivity contribution is -0.151. The molecule has 0 spiro atoms. The van der Waals surface area contributed by atoms with Crippen LogP contribution in [0.2, 0.25) is 0 Å². The van der Waals surface area contributed by atoms with Crippen LogP contribution in [0.25, 0.3) is 16.5 Å². The molecule has 29 heavy (non-hydrogen) atoms. The first-order valence-corrected chi connectivity index (χ1v) is 9.24. The van der Waals surface area contributed by atoms with Crippen molar-refractivity contribution in [2.75, 3.05) is 26.8 Å². The van der Waals surface area contributed by atoms with Gasteiger partial charge in [0.05, 0.1) is 18.0 Å². The van der Waals surface area contributed by atoms with Crippen molar-refractivity contribution < 1.29 is 19.4 Å². The summed E-state index contributed by atoms with van der Waals surface area (Å²) < 4.78 is 6.72. The van der Waals surface area contributed by atoms with E-state index in [0.29, 0.717) is 18.7 Å². The van der Waals surface area contributed by atoms with Crippen LogP contribution in [0.15, 0.2) is 36.7 Å². The fourth-order valence-electron chi connectivity index (χ4n) is 3.87. The second kappa shape index (κ2) is 7.25. The van der Waals surface area contributed by atoms with Crippen molar-refractivity contribution in [1.82, 2.24) is 24.9 Å². The third kappa shape index (κ3) is 3.13. The Kier molecular flexibility index (Phi) is 4.75. The minimum Gasteiger partial charge on any atom is -0.481 e. The van der Waals surface area contributed by atoms with Crippen LogP contribution in [0.1, 0.15) is 22.6 Å². The summed E-state index contributed by atoms with van der Waals surface area (Å²) in [5.41, 5.74) is 0.528. The highest BCUT2D eigenvalue weighted by molar-refractivity contribution is 5.95. The number of carboxylic acid groups (broad SMARTS) is 1. The van der Waals surface area contributed by atoms with Crippen LogP contribution in [0.4, 0.5) is 0 Å². The molecule has 3 heterocycles. The molecule has 1 fully saturated rings. The SMILES string of the molecule is COCC1(C(=O)O)CCN(C(=O)c2nnn(-c3cccc4cnccc34)c2C)C1. The van der Waals surface area contributed by atoms with Gasteiger partial charge in [-0.3, -0.25) is 14.6 Å². The lowest BCUT2D eigenvalue weighted by Crippen LogP contribution is -2.40. The molecule has 1 aliphatic rings. The number of aliphatic carboxylic acids is 1. The Bertz CT molecular complexity index is 1090. The van der Waals surface area contributed by atoms with Crippen molar-refractivity contribution in [3.05, 3.63) is 48.0 Å². The number of carboxylic acids is 1. The molecule has 1 aliphatic heterocycles. The average molecular weight is 395 g/mol. The zero-order chi connectivity index (χ0) is 20.6. The van der Waals surface area contributed by atoms with Gasteiger partial charge in [0, 0.05) is 43.4 Å². The van der Waals surface area contributed by atoms with Crippen LogP contribution in [0, 0.1) is 12.3 Å². The van der Waals surface area contributed by atoms with Crippen LogP contribution in [-0.4, -0.2) is 68.7 Å². The molecular formula is C20H21N5O4. The Morgan fingerprint density at radius 2 is 2.14 bits per heavy atom. The van der Waals surface area contributed by atoms with E-state index < -0.39 is 11.4 Å². The van der Waals surface area contributed by atoms with Gasteiger partial charge < -0.3 is 14.7 Å². The number of likely N-dealkylation sites (tertiary alicyclic amines) is 1. The summed E-state index contributed by atoms with van der Waals surface area (Å²) in [7, 11) is 1.46. The number of amides is 1. The number of hydrogen-bond donors (Lipinski definition) is 1. The smallest absolute Gasteiger partial charge is 0.313 e. The molecule has 1 atom stereocenters. The number of benzene rings is 1. The number of rotatable bonds is 5. The van der Waals surface area contributed by atoms with Crippen molar-refractivity contribution in [3.8, 4) is 5.69 Å². The fourth-order valence-corrected chi connectivity index (χ4v) is 3.87. The summed E-state index contributed by atoms with van der Waals surface area (Å²) in [6, 6.07) is 7.64. The second-order valence-corrected chi connectivity index (χ2v) is 7.30. The largest absolute Gasteiger partial charge is 0.481 e. The Morgan fingerprint density at radius 1 is 1.31 bits per heavy atom. The highest BCUT2D eigenvalue weighted by Gasteiger charge is 2.47. The van der Waals surface area contributed by atoms with Gasteiger partial charge in [-0.15, -0.1) is 5.10 Å². The zero-order valence-electron chi connectivity index (χ0n) is 16.2. The van der Waals surface area contributed by atoms with E-state index in [0.717, 1.165) is 16.5 Å². The number of hydrogen-bond acceptors (Lipinski definition) is 6. The number of fused-ring (bicyclic) bond motifs is 1. The molecule has 1 unspecified atom stereocenters. The molecule has 1 N–H and O–H groups in total. The van der Waals surface area contributed by atoms with Gasteiger partial charge >= 0.3 is 5.97 Å². The highest BCUT2D eigenvalue weighted by Crippen LogP contribution is 2.32. The van der Waals surface area contributed by atoms with Crippen molar-refractivity contribution in [3.63, 3.8) is 0 Å². The minimum absolute atomic E-state index is 0.0574. The van der Waals surface area contributed by atoms with Gasteiger partial charge in [0.25, 0.3) is 5.91 Å². The number of carbonyl (C=O) groups excluding carboxylic acids is 1. The molecule has 0 radical (unpaired) electrons. The van der Waals surface area contributed by atoms with E-state index in [1.165, 1.54) is 12.0 Å². The first kappa shape index (κ1) is 19.0. The van der Waals surface area contributed by atoms with Crippen molar-refractivity contribution in [2.24, 2.45) is 5.41 Å². The van der Waals surface area contributed by atoms with Gasteiger partial charge in [-0.25, -0.2) is 4.68 Å². The lowest BCUT2D eigenvalue weighted by atomic mass is 9.88. The van der Waals surface area contributed by atoms with Gasteiger partial charge in [0.15, 0.2) is 5.69 Å². The van der Waals surface area contributed by atoms with Gasteiger partial charge in [0.2, 0.25) is 0 Å². The number of aromatic nitrogens is 4. The van der Waals surface area contributed by atoms with Crippen LogP contribution in [-0.2, 0) is 9.53 Å². The molecule has 4 rings (SSSR count). The number of nitrogens with zero attached hydrogens (tertiary/aromatic N) is 5.